The second-order valence-corrected chi connectivity index (χ2v) is 5.17. The van der Waals surface area contributed by atoms with Gasteiger partial charge in [0.25, 0.3) is 0 Å². The van der Waals surface area contributed by atoms with E-state index in [0.717, 1.165) is 12.0 Å². The van der Waals surface area contributed by atoms with Gasteiger partial charge in [-0.05, 0) is 18.4 Å². The van der Waals surface area contributed by atoms with E-state index in [1.807, 2.05) is 30.3 Å². The number of rotatable bonds is 5. The topological polar surface area (TPSA) is 57.6 Å². The van der Waals surface area contributed by atoms with E-state index in [1.165, 1.54) is 4.90 Å². The van der Waals surface area contributed by atoms with Gasteiger partial charge in [-0.15, -0.1) is 0 Å². The quantitative estimate of drug-likeness (QED) is 0.897. The minimum absolute atomic E-state index is 0.118. The molecule has 2 rings (SSSR count). The number of nitrogens with zero attached hydrogens (tertiary/aromatic N) is 1. The fourth-order valence-corrected chi connectivity index (χ4v) is 2.41. The standard InChI is InChI=1S/C15H18FNO3/c16-15(14(19)20)9-10-17(11-15)13(18)8-4-7-12-5-2-1-3-6-12/h1-3,5-6H,4,7-11H2,(H,19,20). The van der Waals surface area contributed by atoms with Crippen LogP contribution in [0.4, 0.5) is 4.39 Å². The highest BCUT2D eigenvalue weighted by Gasteiger charge is 2.46. The van der Waals surface area contributed by atoms with Crippen molar-refractivity contribution in [1.29, 1.82) is 0 Å². The van der Waals surface area contributed by atoms with Crippen molar-refractivity contribution in [1.82, 2.24) is 4.90 Å². The van der Waals surface area contributed by atoms with E-state index in [-0.39, 0.29) is 25.4 Å². The molecule has 1 aromatic carbocycles. The molecule has 0 spiro atoms. The summed E-state index contributed by atoms with van der Waals surface area (Å²) < 4.78 is 13.8. The molecule has 1 amide bonds. The first-order valence-corrected chi connectivity index (χ1v) is 6.75. The van der Waals surface area contributed by atoms with Crippen molar-refractivity contribution in [2.24, 2.45) is 0 Å². The van der Waals surface area contributed by atoms with Gasteiger partial charge in [-0.1, -0.05) is 30.3 Å². The van der Waals surface area contributed by atoms with Gasteiger partial charge < -0.3 is 10.0 Å². The van der Waals surface area contributed by atoms with Crippen LogP contribution in [-0.4, -0.2) is 40.6 Å². The van der Waals surface area contributed by atoms with Crippen LogP contribution in [-0.2, 0) is 16.0 Å². The molecule has 0 radical (unpaired) electrons. The van der Waals surface area contributed by atoms with E-state index in [2.05, 4.69) is 0 Å². The monoisotopic (exact) mass is 279 g/mol. The zero-order valence-corrected chi connectivity index (χ0v) is 11.2. The average molecular weight is 279 g/mol. The van der Waals surface area contributed by atoms with Crippen molar-refractivity contribution in [3.63, 3.8) is 0 Å². The van der Waals surface area contributed by atoms with Crippen LogP contribution in [0, 0.1) is 0 Å². The molecule has 1 atom stereocenters. The fourth-order valence-electron chi connectivity index (χ4n) is 2.41. The van der Waals surface area contributed by atoms with Gasteiger partial charge in [0, 0.05) is 19.4 Å². The molecular formula is C15H18FNO3. The SMILES string of the molecule is O=C(CCCc1ccccc1)N1CCC(F)(C(=O)O)C1. The number of amides is 1. The lowest BCUT2D eigenvalue weighted by atomic mass is 10.1. The highest BCUT2D eigenvalue weighted by Crippen LogP contribution is 2.26. The summed E-state index contributed by atoms with van der Waals surface area (Å²) in [6.45, 7) is -0.139. The van der Waals surface area contributed by atoms with Crippen LogP contribution in [0.1, 0.15) is 24.8 Å². The number of aliphatic carboxylic acids is 1. The molecule has 1 N–H and O–H groups in total. The summed E-state index contributed by atoms with van der Waals surface area (Å²) in [5, 5.41) is 8.78. The maximum atomic E-state index is 13.8. The Hall–Kier alpha value is -1.91. The van der Waals surface area contributed by atoms with Gasteiger partial charge in [-0.3, -0.25) is 4.79 Å². The number of benzene rings is 1. The smallest absolute Gasteiger partial charge is 0.343 e. The molecule has 108 valence electrons. The fraction of sp³-hybridized carbons (Fsp3) is 0.467. The summed E-state index contributed by atoms with van der Waals surface area (Å²) in [6.07, 6.45) is 1.68. The van der Waals surface area contributed by atoms with Gasteiger partial charge in [-0.2, -0.15) is 0 Å². The van der Waals surface area contributed by atoms with E-state index in [4.69, 9.17) is 5.11 Å². The average Bonchev–Trinajstić information content (AvgIpc) is 2.84. The molecule has 1 fully saturated rings. The molecule has 1 aliphatic rings. The number of aryl methyl sites for hydroxylation is 1. The lowest BCUT2D eigenvalue weighted by molar-refractivity contribution is -0.150. The number of hydrogen-bond donors (Lipinski definition) is 1. The third-order valence-corrected chi connectivity index (χ3v) is 3.65. The van der Waals surface area contributed by atoms with Crippen LogP contribution in [0.2, 0.25) is 0 Å². The molecule has 0 aliphatic carbocycles. The first-order valence-electron chi connectivity index (χ1n) is 6.75. The van der Waals surface area contributed by atoms with Crippen LogP contribution in [0.5, 0.6) is 0 Å². The molecule has 1 aliphatic heterocycles. The van der Waals surface area contributed by atoms with Crippen LogP contribution < -0.4 is 0 Å². The summed E-state index contributed by atoms with van der Waals surface area (Å²) in [7, 11) is 0. The van der Waals surface area contributed by atoms with Crippen LogP contribution in [0.15, 0.2) is 30.3 Å². The van der Waals surface area contributed by atoms with Crippen molar-refractivity contribution in [2.75, 3.05) is 13.1 Å². The van der Waals surface area contributed by atoms with Crippen molar-refractivity contribution in [3.05, 3.63) is 35.9 Å². The number of halogens is 1. The molecule has 0 aromatic heterocycles. The Morgan fingerprint density at radius 2 is 2.00 bits per heavy atom. The Morgan fingerprint density at radius 3 is 2.60 bits per heavy atom. The summed E-state index contributed by atoms with van der Waals surface area (Å²) in [4.78, 5) is 24.0. The van der Waals surface area contributed by atoms with Gasteiger partial charge in [0.15, 0.2) is 0 Å². The van der Waals surface area contributed by atoms with Gasteiger partial charge in [0.05, 0.1) is 6.54 Å². The Kier molecular flexibility index (Phi) is 4.37. The number of carbonyl (C=O) groups excluding carboxylic acids is 1. The first-order chi connectivity index (χ1) is 9.51. The van der Waals surface area contributed by atoms with E-state index < -0.39 is 11.6 Å². The molecule has 1 aromatic rings. The summed E-state index contributed by atoms with van der Waals surface area (Å²) in [5.41, 5.74) is -1.11. The number of carboxylic acid groups (broad SMARTS) is 1. The highest BCUT2D eigenvalue weighted by molar-refractivity contribution is 5.82. The molecule has 20 heavy (non-hydrogen) atoms. The van der Waals surface area contributed by atoms with Crippen LogP contribution >= 0.6 is 0 Å². The molecule has 0 bridgehead atoms. The van der Waals surface area contributed by atoms with Gasteiger partial charge in [0.1, 0.15) is 0 Å². The highest BCUT2D eigenvalue weighted by atomic mass is 19.1. The zero-order valence-electron chi connectivity index (χ0n) is 11.2. The number of alkyl halides is 1. The Labute approximate surface area is 117 Å². The zero-order chi connectivity index (χ0) is 14.6. The number of hydrogen-bond acceptors (Lipinski definition) is 2. The summed E-state index contributed by atoms with van der Waals surface area (Å²) >= 11 is 0. The normalized spacial score (nSPS) is 21.9. The Morgan fingerprint density at radius 1 is 1.30 bits per heavy atom. The van der Waals surface area contributed by atoms with E-state index in [0.29, 0.717) is 12.8 Å². The predicted molar refractivity (Wildman–Crippen MR) is 72.1 cm³/mol. The molecule has 0 saturated carbocycles. The summed E-state index contributed by atoms with van der Waals surface area (Å²) in [6, 6.07) is 9.82. The minimum Gasteiger partial charge on any atom is -0.479 e. The third kappa shape index (κ3) is 3.35. The number of carbonyl (C=O) groups is 2. The van der Waals surface area contributed by atoms with Gasteiger partial charge in [0.2, 0.25) is 11.6 Å². The predicted octanol–water partition coefficient (Wildman–Crippen LogP) is 2.03. The van der Waals surface area contributed by atoms with Gasteiger partial charge in [-0.25, -0.2) is 9.18 Å². The second-order valence-electron chi connectivity index (χ2n) is 5.17. The molecule has 4 nitrogen and oxygen atoms in total. The first kappa shape index (κ1) is 14.5. The molecule has 5 heteroatoms. The van der Waals surface area contributed by atoms with Crippen LogP contribution in [0.25, 0.3) is 0 Å². The van der Waals surface area contributed by atoms with E-state index in [9.17, 15) is 14.0 Å². The van der Waals surface area contributed by atoms with E-state index in [1.54, 1.807) is 0 Å². The Bertz CT molecular complexity index is 491. The summed E-state index contributed by atoms with van der Waals surface area (Å²) in [5.74, 6) is -1.64. The van der Waals surface area contributed by atoms with Crippen molar-refractivity contribution in [3.8, 4) is 0 Å². The van der Waals surface area contributed by atoms with Gasteiger partial charge >= 0.3 is 5.97 Å². The lowest BCUT2D eigenvalue weighted by Crippen LogP contribution is -2.38. The molecular weight excluding hydrogens is 261 g/mol. The van der Waals surface area contributed by atoms with Crippen molar-refractivity contribution >= 4 is 11.9 Å². The molecule has 1 heterocycles. The largest absolute Gasteiger partial charge is 0.479 e. The Balaban J connectivity index is 1.78. The van der Waals surface area contributed by atoms with E-state index >= 15 is 0 Å². The number of likely N-dealkylation sites (tertiary alicyclic amines) is 1. The second kappa shape index (κ2) is 6.03. The van der Waals surface area contributed by atoms with Crippen molar-refractivity contribution < 1.29 is 19.1 Å². The number of carboxylic acids is 1. The maximum Gasteiger partial charge on any atom is 0.343 e. The molecule has 1 unspecified atom stereocenters. The maximum absolute atomic E-state index is 13.8. The third-order valence-electron chi connectivity index (χ3n) is 3.65. The lowest BCUT2D eigenvalue weighted by Gasteiger charge is -2.17. The van der Waals surface area contributed by atoms with Crippen molar-refractivity contribution in [2.45, 2.75) is 31.4 Å². The van der Waals surface area contributed by atoms with Crippen LogP contribution in [0.3, 0.4) is 0 Å². The minimum atomic E-state index is -2.27. The molecule has 1 saturated heterocycles.